The number of fused-ring (bicyclic) bond motifs is 1. The van der Waals surface area contributed by atoms with E-state index in [9.17, 15) is 4.79 Å². The summed E-state index contributed by atoms with van der Waals surface area (Å²) >= 11 is 0. The molecule has 1 fully saturated rings. The van der Waals surface area contributed by atoms with Gasteiger partial charge >= 0.3 is 0 Å². The molecule has 3 aromatic rings. The van der Waals surface area contributed by atoms with Gasteiger partial charge in [0.1, 0.15) is 11.6 Å². The summed E-state index contributed by atoms with van der Waals surface area (Å²) in [6.07, 6.45) is 3.60. The molecule has 0 spiro atoms. The summed E-state index contributed by atoms with van der Waals surface area (Å²) in [7, 11) is 1.60. The summed E-state index contributed by atoms with van der Waals surface area (Å²) in [5.41, 5.74) is 2.45. The van der Waals surface area contributed by atoms with Crippen molar-refractivity contribution in [1.29, 1.82) is 0 Å². The van der Waals surface area contributed by atoms with E-state index < -0.39 is 0 Å². The van der Waals surface area contributed by atoms with E-state index in [4.69, 9.17) is 9.72 Å². The average Bonchev–Trinajstić information content (AvgIpc) is 2.74. The minimum Gasteiger partial charge on any atom is -0.495 e. The maximum absolute atomic E-state index is 12.8. The highest BCUT2D eigenvalue weighted by molar-refractivity contribution is 5.94. The molecule has 1 aliphatic heterocycles. The molecule has 0 saturated carbocycles. The second-order valence-corrected chi connectivity index (χ2v) is 6.69. The minimum atomic E-state index is -0.100. The van der Waals surface area contributed by atoms with Crippen molar-refractivity contribution in [3.63, 3.8) is 0 Å². The first-order chi connectivity index (χ1) is 13.2. The first-order valence-corrected chi connectivity index (χ1v) is 9.15. The Hall–Kier alpha value is -3.15. The van der Waals surface area contributed by atoms with E-state index in [1.807, 2.05) is 48.5 Å². The van der Waals surface area contributed by atoms with E-state index in [0.29, 0.717) is 18.0 Å². The number of para-hydroxylation sites is 4. The van der Waals surface area contributed by atoms with E-state index in [1.165, 1.54) is 0 Å². The number of ether oxygens (including phenoxy) is 1. The number of hydrogen-bond acceptors (Lipinski definition) is 5. The minimum absolute atomic E-state index is 0.0120. The Bertz CT molecular complexity index is 960. The van der Waals surface area contributed by atoms with Gasteiger partial charge in [-0.3, -0.25) is 9.78 Å². The molecule has 6 nitrogen and oxygen atoms in total. The van der Waals surface area contributed by atoms with Crippen molar-refractivity contribution in [2.75, 3.05) is 30.4 Å². The van der Waals surface area contributed by atoms with E-state index >= 15 is 0 Å². The molecule has 1 amide bonds. The fourth-order valence-corrected chi connectivity index (χ4v) is 3.48. The molecule has 2 heterocycles. The summed E-state index contributed by atoms with van der Waals surface area (Å²) in [5.74, 6) is 1.40. The van der Waals surface area contributed by atoms with Crippen LogP contribution in [0.1, 0.15) is 12.8 Å². The van der Waals surface area contributed by atoms with Crippen LogP contribution in [0.4, 0.5) is 11.5 Å². The lowest BCUT2D eigenvalue weighted by Crippen LogP contribution is -2.41. The predicted octanol–water partition coefficient (Wildman–Crippen LogP) is 3.49. The SMILES string of the molecule is COc1ccccc1NC(=O)C1CCCN(c2cnc3ccccc3n2)C1. The van der Waals surface area contributed by atoms with Crippen molar-refractivity contribution in [3.8, 4) is 5.75 Å². The van der Waals surface area contributed by atoms with Crippen LogP contribution >= 0.6 is 0 Å². The summed E-state index contributed by atoms with van der Waals surface area (Å²) in [6.45, 7) is 1.51. The Morgan fingerprint density at radius 3 is 2.78 bits per heavy atom. The smallest absolute Gasteiger partial charge is 0.229 e. The normalized spacial score (nSPS) is 16.9. The van der Waals surface area contributed by atoms with E-state index in [1.54, 1.807) is 13.3 Å². The summed E-state index contributed by atoms with van der Waals surface area (Å²) in [4.78, 5) is 24.2. The number of methoxy groups -OCH3 is 1. The number of aromatic nitrogens is 2. The Kier molecular flexibility index (Phi) is 4.87. The number of nitrogens with one attached hydrogen (secondary N) is 1. The molecule has 1 aromatic heterocycles. The Balaban J connectivity index is 1.49. The molecule has 0 aliphatic carbocycles. The number of carbonyl (C=O) groups is 1. The molecule has 138 valence electrons. The lowest BCUT2D eigenvalue weighted by Gasteiger charge is -2.32. The highest BCUT2D eigenvalue weighted by Gasteiger charge is 2.27. The Labute approximate surface area is 158 Å². The number of amides is 1. The zero-order chi connectivity index (χ0) is 18.6. The molecule has 2 aromatic carbocycles. The number of piperidine rings is 1. The van der Waals surface area contributed by atoms with Gasteiger partial charge in [-0.15, -0.1) is 0 Å². The van der Waals surface area contributed by atoms with Gasteiger partial charge < -0.3 is 15.0 Å². The molecule has 1 unspecified atom stereocenters. The molecule has 1 aliphatic rings. The second-order valence-electron chi connectivity index (χ2n) is 6.69. The van der Waals surface area contributed by atoms with Crippen molar-refractivity contribution >= 4 is 28.4 Å². The highest BCUT2D eigenvalue weighted by Crippen LogP contribution is 2.27. The van der Waals surface area contributed by atoms with Crippen LogP contribution in [0.5, 0.6) is 5.75 Å². The molecule has 0 radical (unpaired) electrons. The van der Waals surface area contributed by atoms with Gasteiger partial charge in [-0.1, -0.05) is 24.3 Å². The third-order valence-corrected chi connectivity index (χ3v) is 4.92. The fourth-order valence-electron chi connectivity index (χ4n) is 3.48. The van der Waals surface area contributed by atoms with Crippen LogP contribution in [0.25, 0.3) is 11.0 Å². The molecule has 1 atom stereocenters. The standard InChI is InChI=1S/C21H22N4O2/c1-27-19-11-5-4-10-18(19)24-21(26)15-7-6-12-25(14-15)20-13-22-16-8-2-3-9-17(16)23-20/h2-5,8-11,13,15H,6-7,12,14H2,1H3,(H,24,26). The maximum Gasteiger partial charge on any atom is 0.229 e. The summed E-state index contributed by atoms with van der Waals surface area (Å²) < 4.78 is 5.32. The van der Waals surface area contributed by atoms with Crippen molar-refractivity contribution in [1.82, 2.24) is 9.97 Å². The first kappa shape index (κ1) is 17.3. The van der Waals surface area contributed by atoms with Crippen molar-refractivity contribution in [2.45, 2.75) is 12.8 Å². The summed E-state index contributed by atoms with van der Waals surface area (Å²) in [5, 5.41) is 3.01. The number of benzene rings is 2. The molecule has 27 heavy (non-hydrogen) atoms. The van der Waals surface area contributed by atoms with E-state index in [-0.39, 0.29) is 11.8 Å². The van der Waals surface area contributed by atoms with Crippen LogP contribution < -0.4 is 15.0 Å². The Morgan fingerprint density at radius 2 is 1.93 bits per heavy atom. The van der Waals surface area contributed by atoms with Crippen LogP contribution in [0.2, 0.25) is 0 Å². The quantitative estimate of drug-likeness (QED) is 0.769. The van der Waals surface area contributed by atoms with E-state index in [0.717, 1.165) is 36.2 Å². The highest BCUT2D eigenvalue weighted by atomic mass is 16.5. The van der Waals surface area contributed by atoms with Crippen molar-refractivity contribution in [3.05, 3.63) is 54.7 Å². The second kappa shape index (κ2) is 7.61. The number of rotatable bonds is 4. The molecule has 1 saturated heterocycles. The maximum atomic E-state index is 12.8. The molecular weight excluding hydrogens is 340 g/mol. The Morgan fingerprint density at radius 1 is 1.15 bits per heavy atom. The monoisotopic (exact) mass is 362 g/mol. The average molecular weight is 362 g/mol. The van der Waals surface area contributed by atoms with Crippen LogP contribution in [-0.2, 0) is 4.79 Å². The third-order valence-electron chi connectivity index (χ3n) is 4.92. The van der Waals surface area contributed by atoms with Gasteiger partial charge in [-0.25, -0.2) is 4.98 Å². The largest absolute Gasteiger partial charge is 0.495 e. The van der Waals surface area contributed by atoms with Gasteiger partial charge in [0.25, 0.3) is 0 Å². The van der Waals surface area contributed by atoms with Crippen LogP contribution in [0, 0.1) is 5.92 Å². The van der Waals surface area contributed by atoms with Crippen LogP contribution in [0.15, 0.2) is 54.7 Å². The molecule has 0 bridgehead atoms. The molecule has 1 N–H and O–H groups in total. The zero-order valence-electron chi connectivity index (χ0n) is 15.3. The van der Waals surface area contributed by atoms with Gasteiger partial charge in [-0.05, 0) is 37.1 Å². The lowest BCUT2D eigenvalue weighted by molar-refractivity contribution is -0.120. The van der Waals surface area contributed by atoms with Gasteiger partial charge in [0.2, 0.25) is 5.91 Å². The van der Waals surface area contributed by atoms with Crippen molar-refractivity contribution in [2.24, 2.45) is 5.92 Å². The van der Waals surface area contributed by atoms with Gasteiger partial charge in [-0.2, -0.15) is 0 Å². The molecule has 4 rings (SSSR count). The van der Waals surface area contributed by atoms with Crippen LogP contribution in [0.3, 0.4) is 0 Å². The van der Waals surface area contributed by atoms with Gasteiger partial charge in [0.15, 0.2) is 0 Å². The summed E-state index contributed by atoms with van der Waals surface area (Å²) in [6, 6.07) is 15.3. The number of anilines is 2. The van der Waals surface area contributed by atoms with Gasteiger partial charge in [0.05, 0.1) is 35.9 Å². The van der Waals surface area contributed by atoms with Crippen LogP contribution in [-0.4, -0.2) is 36.1 Å². The number of hydrogen-bond donors (Lipinski definition) is 1. The van der Waals surface area contributed by atoms with E-state index in [2.05, 4.69) is 15.2 Å². The molecule has 6 heteroatoms. The van der Waals surface area contributed by atoms with Gasteiger partial charge in [0, 0.05) is 13.1 Å². The number of carbonyl (C=O) groups excluding carboxylic acids is 1. The third kappa shape index (κ3) is 3.69. The first-order valence-electron chi connectivity index (χ1n) is 9.15. The molecular formula is C21H22N4O2. The zero-order valence-corrected chi connectivity index (χ0v) is 15.3. The van der Waals surface area contributed by atoms with Crippen molar-refractivity contribution < 1.29 is 9.53 Å². The topological polar surface area (TPSA) is 67.3 Å². The predicted molar refractivity (Wildman–Crippen MR) is 106 cm³/mol. The fraction of sp³-hybridized carbons (Fsp3) is 0.286. The lowest BCUT2D eigenvalue weighted by atomic mass is 9.97. The number of nitrogens with zero attached hydrogens (tertiary/aromatic N) is 3.